The summed E-state index contributed by atoms with van der Waals surface area (Å²) in [4.78, 5) is 0. The molecule has 0 fully saturated rings. The predicted octanol–water partition coefficient (Wildman–Crippen LogP) is 1.86. The van der Waals surface area contributed by atoms with E-state index >= 15 is 0 Å². The second kappa shape index (κ2) is 7.32. The van der Waals surface area contributed by atoms with Crippen molar-refractivity contribution in [1.82, 2.24) is 0 Å². The molecule has 72 valence electrons. The van der Waals surface area contributed by atoms with Gasteiger partial charge in [-0.25, -0.2) is 0 Å². The topological polar surface area (TPSA) is 40.5 Å². The second-order valence-corrected chi connectivity index (χ2v) is 3.14. The number of aliphatic hydroxyl groups excluding tert-OH is 2. The second-order valence-electron chi connectivity index (χ2n) is 3.14. The SMILES string of the molecule is C=CCC[C@@H](O)[C@H](O)CCCC. The summed E-state index contributed by atoms with van der Waals surface area (Å²) in [5, 5.41) is 18.8. The van der Waals surface area contributed by atoms with Crippen LogP contribution < -0.4 is 0 Å². The summed E-state index contributed by atoms with van der Waals surface area (Å²) in [7, 11) is 0. The molecule has 0 aliphatic heterocycles. The summed E-state index contributed by atoms with van der Waals surface area (Å²) < 4.78 is 0. The van der Waals surface area contributed by atoms with E-state index in [2.05, 4.69) is 13.5 Å². The van der Waals surface area contributed by atoms with E-state index < -0.39 is 12.2 Å². The Bertz CT molecular complexity index is 112. The third-order valence-electron chi connectivity index (χ3n) is 1.96. The quantitative estimate of drug-likeness (QED) is 0.575. The molecule has 0 aromatic rings. The van der Waals surface area contributed by atoms with Gasteiger partial charge in [0.15, 0.2) is 0 Å². The number of unbranched alkanes of at least 4 members (excludes halogenated alkanes) is 1. The monoisotopic (exact) mass is 172 g/mol. The maximum absolute atomic E-state index is 9.39. The molecule has 2 heteroatoms. The molecule has 0 unspecified atom stereocenters. The lowest BCUT2D eigenvalue weighted by Crippen LogP contribution is -2.25. The van der Waals surface area contributed by atoms with E-state index in [-0.39, 0.29) is 0 Å². The van der Waals surface area contributed by atoms with Crippen LogP contribution in [0.5, 0.6) is 0 Å². The van der Waals surface area contributed by atoms with E-state index in [0.717, 1.165) is 19.3 Å². The Kier molecular flexibility index (Phi) is 7.11. The fourth-order valence-corrected chi connectivity index (χ4v) is 1.09. The van der Waals surface area contributed by atoms with Crippen LogP contribution in [-0.4, -0.2) is 22.4 Å². The fourth-order valence-electron chi connectivity index (χ4n) is 1.09. The highest BCUT2D eigenvalue weighted by Crippen LogP contribution is 2.09. The normalized spacial score (nSPS) is 15.6. The smallest absolute Gasteiger partial charge is 0.0802 e. The van der Waals surface area contributed by atoms with E-state index in [1.165, 1.54) is 0 Å². The van der Waals surface area contributed by atoms with E-state index in [1.807, 2.05) is 0 Å². The highest BCUT2D eigenvalue weighted by Gasteiger charge is 2.13. The molecule has 0 aliphatic carbocycles. The van der Waals surface area contributed by atoms with Crippen molar-refractivity contribution in [1.29, 1.82) is 0 Å². The van der Waals surface area contributed by atoms with Crippen molar-refractivity contribution in [3.8, 4) is 0 Å². The lowest BCUT2D eigenvalue weighted by molar-refractivity contribution is 0.00939. The van der Waals surface area contributed by atoms with E-state index in [9.17, 15) is 10.2 Å². The van der Waals surface area contributed by atoms with Crippen molar-refractivity contribution in [2.45, 2.75) is 51.2 Å². The zero-order chi connectivity index (χ0) is 9.40. The molecule has 0 radical (unpaired) electrons. The predicted molar refractivity (Wildman–Crippen MR) is 51.0 cm³/mol. The van der Waals surface area contributed by atoms with Gasteiger partial charge >= 0.3 is 0 Å². The van der Waals surface area contributed by atoms with Gasteiger partial charge in [-0.05, 0) is 19.3 Å². The van der Waals surface area contributed by atoms with Crippen LogP contribution in [0.25, 0.3) is 0 Å². The average Bonchev–Trinajstić information content (AvgIpc) is 2.10. The van der Waals surface area contributed by atoms with Crippen LogP contribution in [0.4, 0.5) is 0 Å². The van der Waals surface area contributed by atoms with Gasteiger partial charge in [0.25, 0.3) is 0 Å². The molecule has 0 aromatic heterocycles. The zero-order valence-electron chi connectivity index (χ0n) is 7.87. The average molecular weight is 172 g/mol. The molecule has 2 N–H and O–H groups in total. The Labute approximate surface area is 74.9 Å². The van der Waals surface area contributed by atoms with E-state index in [1.54, 1.807) is 6.08 Å². The number of rotatable bonds is 7. The third-order valence-corrected chi connectivity index (χ3v) is 1.96. The first-order chi connectivity index (χ1) is 5.72. The molecular formula is C10H20O2. The number of allylic oxidation sites excluding steroid dienone is 1. The molecule has 0 aliphatic rings. The molecule has 0 rings (SSSR count). The molecule has 0 saturated carbocycles. The van der Waals surface area contributed by atoms with Crippen molar-refractivity contribution < 1.29 is 10.2 Å². The first-order valence-electron chi connectivity index (χ1n) is 4.69. The summed E-state index contributed by atoms with van der Waals surface area (Å²) in [6.07, 6.45) is 4.76. The molecule has 0 spiro atoms. The van der Waals surface area contributed by atoms with Crippen LogP contribution in [0.2, 0.25) is 0 Å². The lowest BCUT2D eigenvalue weighted by atomic mass is 10.0. The lowest BCUT2D eigenvalue weighted by Gasteiger charge is -2.16. The highest BCUT2D eigenvalue weighted by atomic mass is 16.3. The summed E-state index contributed by atoms with van der Waals surface area (Å²) in [6, 6.07) is 0. The van der Waals surface area contributed by atoms with Crippen LogP contribution in [0, 0.1) is 0 Å². The number of hydrogen-bond acceptors (Lipinski definition) is 2. The molecule has 0 amide bonds. The van der Waals surface area contributed by atoms with Crippen molar-refractivity contribution in [3.63, 3.8) is 0 Å². The van der Waals surface area contributed by atoms with Crippen LogP contribution in [0.15, 0.2) is 12.7 Å². The van der Waals surface area contributed by atoms with Crippen LogP contribution >= 0.6 is 0 Å². The van der Waals surface area contributed by atoms with Gasteiger partial charge in [0.05, 0.1) is 12.2 Å². The van der Waals surface area contributed by atoms with Gasteiger partial charge in [0, 0.05) is 0 Å². The first-order valence-corrected chi connectivity index (χ1v) is 4.69. The summed E-state index contributed by atoms with van der Waals surface area (Å²) >= 11 is 0. The van der Waals surface area contributed by atoms with Gasteiger partial charge in [0.2, 0.25) is 0 Å². The molecule has 0 saturated heterocycles. The molecule has 2 nitrogen and oxygen atoms in total. The van der Waals surface area contributed by atoms with Gasteiger partial charge in [-0.2, -0.15) is 0 Å². The van der Waals surface area contributed by atoms with Gasteiger partial charge in [-0.1, -0.05) is 25.8 Å². The minimum atomic E-state index is -0.574. The zero-order valence-corrected chi connectivity index (χ0v) is 7.87. The Morgan fingerprint density at radius 2 is 1.83 bits per heavy atom. The molecule has 0 heterocycles. The Hall–Kier alpha value is -0.340. The molecular weight excluding hydrogens is 152 g/mol. The molecule has 0 bridgehead atoms. The number of hydrogen-bond donors (Lipinski definition) is 2. The molecule has 0 aromatic carbocycles. The van der Waals surface area contributed by atoms with Crippen molar-refractivity contribution in [3.05, 3.63) is 12.7 Å². The van der Waals surface area contributed by atoms with E-state index in [4.69, 9.17) is 0 Å². The summed E-state index contributed by atoms with van der Waals surface area (Å²) in [5.41, 5.74) is 0. The largest absolute Gasteiger partial charge is 0.390 e. The summed E-state index contributed by atoms with van der Waals surface area (Å²) in [6.45, 7) is 5.63. The van der Waals surface area contributed by atoms with Gasteiger partial charge in [-0.3, -0.25) is 0 Å². The first kappa shape index (κ1) is 11.7. The summed E-state index contributed by atoms with van der Waals surface area (Å²) in [5.74, 6) is 0. The Morgan fingerprint density at radius 3 is 2.33 bits per heavy atom. The van der Waals surface area contributed by atoms with E-state index in [0.29, 0.717) is 12.8 Å². The maximum Gasteiger partial charge on any atom is 0.0802 e. The van der Waals surface area contributed by atoms with Crippen LogP contribution in [-0.2, 0) is 0 Å². The van der Waals surface area contributed by atoms with Crippen molar-refractivity contribution in [2.75, 3.05) is 0 Å². The third kappa shape index (κ3) is 5.33. The fraction of sp³-hybridized carbons (Fsp3) is 0.800. The van der Waals surface area contributed by atoms with Crippen molar-refractivity contribution in [2.24, 2.45) is 0 Å². The Morgan fingerprint density at radius 1 is 1.25 bits per heavy atom. The van der Waals surface area contributed by atoms with Gasteiger partial charge < -0.3 is 10.2 Å². The van der Waals surface area contributed by atoms with Crippen molar-refractivity contribution >= 4 is 0 Å². The minimum absolute atomic E-state index is 0.551. The minimum Gasteiger partial charge on any atom is -0.390 e. The standard InChI is InChI=1S/C10H20O2/c1-3-5-7-9(11)10(12)8-6-4-2/h3,9-12H,1,4-8H2,2H3/t9-,10-/m1/s1. The maximum atomic E-state index is 9.39. The Balaban J connectivity index is 3.45. The van der Waals surface area contributed by atoms with Crippen LogP contribution in [0.3, 0.4) is 0 Å². The number of aliphatic hydroxyl groups is 2. The molecule has 12 heavy (non-hydrogen) atoms. The molecule has 2 atom stereocenters. The van der Waals surface area contributed by atoms with Gasteiger partial charge in [-0.15, -0.1) is 6.58 Å². The van der Waals surface area contributed by atoms with Gasteiger partial charge in [0.1, 0.15) is 0 Å². The highest BCUT2D eigenvalue weighted by molar-refractivity contribution is 4.73. The van der Waals surface area contributed by atoms with Crippen LogP contribution in [0.1, 0.15) is 39.0 Å².